The molecule has 0 radical (unpaired) electrons. The topological polar surface area (TPSA) is 126 Å². The van der Waals surface area contributed by atoms with E-state index in [1.54, 1.807) is 7.11 Å². The molecule has 1 heterocycles. The zero-order chi connectivity index (χ0) is 32.9. The minimum absolute atomic E-state index is 0.0418. The number of esters is 1. The first kappa shape index (κ1) is 34.1. The molecule has 0 amide bonds. The standard InChI is InChI=1S/C37H62O8/c1-20(2)21-11-16-37(32(42)43-8)18-17-35(6)22(27(21)37)9-10-25-34(5)14-13-26(33(3,4)24(34)12-15-36(25,35)7)45-31-30(41)29(40)28(39)23(19-38)44-31/h20-31,38-41H,9-19H2,1-8H3/t21-,22+,23+,24-,25+,26-,27+,28+,29-,30+,31-,34-,35+,36+,37-/m0/s1. The number of fused-ring (bicyclic) bond motifs is 7. The van der Waals surface area contributed by atoms with E-state index in [-0.39, 0.29) is 39.1 Å². The second-order valence-electron chi connectivity index (χ2n) is 18.0. The third kappa shape index (κ3) is 4.61. The lowest BCUT2D eigenvalue weighted by molar-refractivity contribution is -0.331. The van der Waals surface area contributed by atoms with Gasteiger partial charge in [-0.1, -0.05) is 48.5 Å². The molecular weight excluding hydrogens is 572 g/mol. The van der Waals surface area contributed by atoms with E-state index >= 15 is 0 Å². The van der Waals surface area contributed by atoms with Gasteiger partial charge in [-0.15, -0.1) is 0 Å². The smallest absolute Gasteiger partial charge is 0.312 e. The lowest BCUT2D eigenvalue weighted by Crippen LogP contribution is -2.67. The quantitative estimate of drug-likeness (QED) is 0.244. The lowest BCUT2D eigenvalue weighted by Gasteiger charge is -2.73. The highest BCUT2D eigenvalue weighted by atomic mass is 16.7. The average Bonchev–Trinajstić information content (AvgIpc) is 3.40. The number of methoxy groups -OCH3 is 1. The summed E-state index contributed by atoms with van der Waals surface area (Å²) in [6, 6.07) is 0. The summed E-state index contributed by atoms with van der Waals surface area (Å²) in [5.74, 6) is 3.07. The van der Waals surface area contributed by atoms with Crippen molar-refractivity contribution < 1.29 is 39.4 Å². The van der Waals surface area contributed by atoms with Crippen LogP contribution in [0.2, 0.25) is 0 Å². The summed E-state index contributed by atoms with van der Waals surface area (Å²) in [7, 11) is 1.59. The van der Waals surface area contributed by atoms with Gasteiger partial charge >= 0.3 is 5.97 Å². The molecule has 1 saturated heterocycles. The van der Waals surface area contributed by atoms with Gasteiger partial charge in [0.1, 0.15) is 24.4 Å². The van der Waals surface area contributed by atoms with E-state index in [1.807, 2.05) is 0 Å². The molecule has 0 unspecified atom stereocenters. The maximum Gasteiger partial charge on any atom is 0.312 e. The summed E-state index contributed by atoms with van der Waals surface area (Å²) < 4.78 is 17.8. The van der Waals surface area contributed by atoms with Crippen molar-refractivity contribution in [3.63, 3.8) is 0 Å². The summed E-state index contributed by atoms with van der Waals surface area (Å²) in [5, 5.41) is 41.1. The summed E-state index contributed by atoms with van der Waals surface area (Å²) in [6.07, 6.45) is 4.15. The number of hydrogen-bond donors (Lipinski definition) is 4. The molecule has 45 heavy (non-hydrogen) atoms. The zero-order valence-electron chi connectivity index (χ0n) is 29.1. The van der Waals surface area contributed by atoms with E-state index in [1.165, 1.54) is 12.8 Å². The summed E-state index contributed by atoms with van der Waals surface area (Å²) >= 11 is 0. The van der Waals surface area contributed by atoms with Crippen molar-refractivity contribution in [2.75, 3.05) is 13.7 Å². The number of carbonyl (C=O) groups is 1. The highest BCUT2D eigenvalue weighted by molar-refractivity contribution is 5.78. The van der Waals surface area contributed by atoms with E-state index in [0.717, 1.165) is 51.4 Å². The number of aliphatic hydroxyl groups is 4. The van der Waals surface area contributed by atoms with Gasteiger partial charge in [0.25, 0.3) is 0 Å². The minimum Gasteiger partial charge on any atom is -0.469 e. The second kappa shape index (κ2) is 11.4. The lowest BCUT2D eigenvalue weighted by atomic mass is 9.32. The predicted molar refractivity (Wildman–Crippen MR) is 170 cm³/mol. The fourth-order valence-corrected chi connectivity index (χ4v) is 13.5. The molecule has 6 aliphatic rings. The number of carbonyl (C=O) groups excluding carboxylic acids is 1. The van der Waals surface area contributed by atoms with Crippen LogP contribution in [0.1, 0.15) is 113 Å². The molecule has 8 heteroatoms. The van der Waals surface area contributed by atoms with Gasteiger partial charge in [-0.3, -0.25) is 4.79 Å². The van der Waals surface area contributed by atoms with Gasteiger partial charge in [-0.05, 0) is 121 Å². The van der Waals surface area contributed by atoms with Gasteiger partial charge in [0.05, 0.1) is 25.2 Å². The number of aliphatic hydroxyl groups excluding tert-OH is 4. The largest absolute Gasteiger partial charge is 0.469 e. The molecule has 258 valence electrons. The highest BCUT2D eigenvalue weighted by Gasteiger charge is 2.72. The Morgan fingerprint density at radius 3 is 2.18 bits per heavy atom. The van der Waals surface area contributed by atoms with Crippen LogP contribution in [0, 0.1) is 62.6 Å². The first-order valence-corrected chi connectivity index (χ1v) is 18.1. The van der Waals surface area contributed by atoms with Crippen molar-refractivity contribution in [1.82, 2.24) is 0 Å². The fraction of sp³-hybridized carbons (Fsp3) is 0.973. The molecule has 1 aliphatic heterocycles. The molecule has 0 aromatic heterocycles. The molecule has 6 rings (SSSR count). The van der Waals surface area contributed by atoms with Crippen molar-refractivity contribution in [1.29, 1.82) is 0 Å². The normalized spacial score (nSPS) is 54.0. The Bertz CT molecular complexity index is 1120. The third-order valence-electron chi connectivity index (χ3n) is 16.0. The van der Waals surface area contributed by atoms with Gasteiger partial charge in [-0.2, -0.15) is 0 Å². The Kier molecular flexibility index (Phi) is 8.64. The number of hydrogen-bond acceptors (Lipinski definition) is 8. The molecule has 0 spiro atoms. The van der Waals surface area contributed by atoms with Gasteiger partial charge in [-0.25, -0.2) is 0 Å². The average molecular weight is 635 g/mol. The van der Waals surface area contributed by atoms with Crippen LogP contribution in [0.15, 0.2) is 0 Å². The first-order valence-electron chi connectivity index (χ1n) is 18.1. The van der Waals surface area contributed by atoms with Gasteiger partial charge in [0.2, 0.25) is 0 Å². The molecule has 0 bridgehead atoms. The van der Waals surface area contributed by atoms with Crippen LogP contribution in [-0.4, -0.2) is 76.9 Å². The monoisotopic (exact) mass is 634 g/mol. The van der Waals surface area contributed by atoms with Crippen LogP contribution in [-0.2, 0) is 19.0 Å². The predicted octanol–water partition coefficient (Wildman–Crippen LogP) is 5.08. The molecule has 0 aromatic rings. The Balaban J connectivity index is 1.27. The molecule has 4 N–H and O–H groups in total. The van der Waals surface area contributed by atoms with E-state index in [2.05, 4.69) is 48.5 Å². The maximum atomic E-state index is 13.6. The molecule has 8 nitrogen and oxygen atoms in total. The maximum absolute atomic E-state index is 13.6. The van der Waals surface area contributed by atoms with Crippen molar-refractivity contribution in [2.24, 2.45) is 62.6 Å². The SMILES string of the molecule is COC(=O)[C@]12CC[C@@H](C(C)C)[C@@H]1[C@H]1CC[C@@H]3[C@@]4(C)CC[C@H](O[C@@H]5O[C@H](CO)[C@@H](O)[C@H](O)[C@H]5O)C(C)(C)[C@@H]4CC[C@@]3(C)[C@]1(C)CC2. The molecule has 15 atom stereocenters. The van der Waals surface area contributed by atoms with Crippen molar-refractivity contribution in [3.8, 4) is 0 Å². The Morgan fingerprint density at radius 2 is 1.53 bits per heavy atom. The fourth-order valence-electron chi connectivity index (χ4n) is 13.5. The van der Waals surface area contributed by atoms with E-state index in [0.29, 0.717) is 35.5 Å². The molecule has 0 aromatic carbocycles. The van der Waals surface area contributed by atoms with E-state index in [4.69, 9.17) is 14.2 Å². The van der Waals surface area contributed by atoms with E-state index < -0.39 is 37.3 Å². The first-order chi connectivity index (χ1) is 21.0. The summed E-state index contributed by atoms with van der Waals surface area (Å²) in [4.78, 5) is 13.6. The van der Waals surface area contributed by atoms with Crippen LogP contribution >= 0.6 is 0 Å². The number of ether oxygens (including phenoxy) is 3. The van der Waals surface area contributed by atoms with Crippen LogP contribution in [0.5, 0.6) is 0 Å². The molecule has 5 aliphatic carbocycles. The molecule has 6 fully saturated rings. The highest BCUT2D eigenvalue weighted by Crippen LogP contribution is 2.77. The summed E-state index contributed by atoms with van der Waals surface area (Å²) in [6.45, 7) is 16.6. The van der Waals surface area contributed by atoms with Crippen LogP contribution in [0.3, 0.4) is 0 Å². The molecular formula is C37H62O8. The van der Waals surface area contributed by atoms with E-state index in [9.17, 15) is 25.2 Å². The Morgan fingerprint density at radius 1 is 0.822 bits per heavy atom. The van der Waals surface area contributed by atoms with Crippen LogP contribution < -0.4 is 0 Å². The van der Waals surface area contributed by atoms with Gasteiger partial charge < -0.3 is 34.6 Å². The van der Waals surface area contributed by atoms with Crippen molar-refractivity contribution in [3.05, 3.63) is 0 Å². The van der Waals surface area contributed by atoms with Crippen molar-refractivity contribution >= 4 is 5.97 Å². The Hall–Kier alpha value is -0.770. The summed E-state index contributed by atoms with van der Waals surface area (Å²) in [5.41, 5.74) is -0.0542. The van der Waals surface area contributed by atoms with Gasteiger partial charge in [0, 0.05) is 0 Å². The minimum atomic E-state index is -1.44. The zero-order valence-corrected chi connectivity index (χ0v) is 29.1. The third-order valence-corrected chi connectivity index (χ3v) is 16.0. The second-order valence-corrected chi connectivity index (χ2v) is 18.0. The number of rotatable bonds is 5. The van der Waals surface area contributed by atoms with Crippen molar-refractivity contribution in [2.45, 2.75) is 149 Å². The van der Waals surface area contributed by atoms with Crippen LogP contribution in [0.4, 0.5) is 0 Å². The van der Waals surface area contributed by atoms with Gasteiger partial charge in [0.15, 0.2) is 6.29 Å². The van der Waals surface area contributed by atoms with Crippen LogP contribution in [0.25, 0.3) is 0 Å². The Labute approximate surface area is 271 Å². The molecule has 5 saturated carbocycles.